The Morgan fingerprint density at radius 3 is 3.00 bits per heavy atom. The summed E-state index contributed by atoms with van der Waals surface area (Å²) in [6.07, 6.45) is 2.78. The van der Waals surface area contributed by atoms with Crippen LogP contribution in [-0.2, 0) is 0 Å². The van der Waals surface area contributed by atoms with E-state index in [0.29, 0.717) is 11.0 Å². The van der Waals surface area contributed by atoms with Gasteiger partial charge in [0.1, 0.15) is 5.39 Å². The van der Waals surface area contributed by atoms with Gasteiger partial charge >= 0.3 is 0 Å². The van der Waals surface area contributed by atoms with Gasteiger partial charge in [0.25, 0.3) is 5.56 Å². The average molecular weight is 163 g/mol. The molecule has 0 aliphatic rings. The summed E-state index contributed by atoms with van der Waals surface area (Å²) >= 11 is 0. The van der Waals surface area contributed by atoms with Crippen LogP contribution in [0.5, 0.6) is 0 Å². The predicted molar refractivity (Wildman–Crippen MR) is 40.3 cm³/mol. The van der Waals surface area contributed by atoms with Gasteiger partial charge in [-0.2, -0.15) is 5.10 Å². The van der Waals surface area contributed by atoms with Gasteiger partial charge in [0.05, 0.1) is 12.5 Å². The van der Waals surface area contributed by atoms with E-state index in [1.807, 2.05) is 0 Å². The summed E-state index contributed by atoms with van der Waals surface area (Å²) in [5.41, 5.74) is 0.350. The minimum Gasteiger partial charge on any atom is -0.312 e. The molecule has 0 aliphatic carbocycles. The van der Waals surface area contributed by atoms with Crippen molar-refractivity contribution in [2.45, 2.75) is 0 Å². The number of hydrogen-bond donors (Lipinski definition) is 2. The van der Waals surface area contributed by atoms with E-state index >= 15 is 0 Å². The van der Waals surface area contributed by atoms with E-state index in [1.54, 1.807) is 0 Å². The summed E-state index contributed by atoms with van der Waals surface area (Å²) in [6, 6.07) is 0. The number of fused-ring (bicyclic) bond motifs is 1. The van der Waals surface area contributed by atoms with Gasteiger partial charge in [-0.05, 0) is 0 Å². The first kappa shape index (κ1) is 7.98. The van der Waals surface area contributed by atoms with Crippen molar-refractivity contribution in [2.24, 2.45) is 0 Å². The Labute approximate surface area is 72.0 Å². The summed E-state index contributed by atoms with van der Waals surface area (Å²) in [5.74, 6) is 0. The summed E-state index contributed by atoms with van der Waals surface area (Å²) in [7, 11) is 0. The van der Waals surface area contributed by atoms with Gasteiger partial charge in [-0.1, -0.05) is 0 Å². The highest BCUT2D eigenvalue weighted by molar-refractivity contribution is 5.75. The van der Waals surface area contributed by atoms with Gasteiger partial charge in [-0.25, -0.2) is 4.98 Å². The van der Waals surface area contributed by atoms with Crippen molar-refractivity contribution >= 4 is 28.4 Å². The normalized spacial score (nSPS) is 9.45. The largest absolute Gasteiger partial charge is 0.312 e. The lowest BCUT2D eigenvalue weighted by atomic mass is 10.4. The summed E-state index contributed by atoms with van der Waals surface area (Å²) in [5, 5.41) is 6.72. The number of aromatic nitrogens is 4. The summed E-state index contributed by atoms with van der Waals surface area (Å²) < 4.78 is 0. The fraction of sp³-hybridized carbons (Fsp3) is 0. The van der Waals surface area contributed by atoms with Crippen molar-refractivity contribution in [2.75, 3.05) is 0 Å². The van der Waals surface area contributed by atoms with E-state index in [9.17, 15) is 4.79 Å². The zero-order valence-electron chi connectivity index (χ0n) is 5.53. The average Bonchev–Trinajstić information content (AvgIpc) is 2.36. The second kappa shape index (κ2) is 2.86. The number of rotatable bonds is 0. The lowest BCUT2D eigenvalue weighted by Gasteiger charge is -1.81. The van der Waals surface area contributed by atoms with Crippen LogP contribution in [0.4, 0.5) is 0 Å². The van der Waals surface area contributed by atoms with Crippen molar-refractivity contribution in [1.82, 2.24) is 20.2 Å². The van der Waals surface area contributed by atoms with Gasteiger partial charge in [0.15, 0.2) is 5.65 Å². The van der Waals surface area contributed by atoms with E-state index in [1.165, 1.54) is 12.5 Å². The molecule has 0 atom stereocenters. The van der Waals surface area contributed by atoms with Crippen LogP contribution in [0.1, 0.15) is 0 Å². The predicted octanol–water partition coefficient (Wildman–Crippen LogP) is -0.735. The Morgan fingerprint density at radius 1 is 1.45 bits per heavy atom. The highest BCUT2D eigenvalue weighted by atomic mass is 27.0. The molecule has 2 rings (SSSR count). The Morgan fingerprint density at radius 2 is 2.27 bits per heavy atom. The minimum atomic E-state index is -0.168. The Bertz CT molecular complexity index is 406. The second-order valence-corrected chi connectivity index (χ2v) is 1.86. The number of H-pyrrole nitrogens is 2. The van der Waals surface area contributed by atoms with Gasteiger partial charge in [0.2, 0.25) is 0 Å². The number of hydrogen-bond acceptors (Lipinski definition) is 3. The molecule has 6 heteroatoms. The zero-order chi connectivity index (χ0) is 6.97. The van der Waals surface area contributed by atoms with Crippen molar-refractivity contribution in [3.8, 4) is 0 Å². The van der Waals surface area contributed by atoms with Crippen molar-refractivity contribution < 1.29 is 0 Å². The van der Waals surface area contributed by atoms with E-state index in [4.69, 9.17) is 0 Å². The van der Waals surface area contributed by atoms with Crippen LogP contribution >= 0.6 is 0 Å². The van der Waals surface area contributed by atoms with Gasteiger partial charge in [-0.15, -0.1) is 0 Å². The van der Waals surface area contributed by atoms with Crippen LogP contribution in [0.15, 0.2) is 17.3 Å². The number of nitrogens with zero attached hydrogens (tertiary/aromatic N) is 2. The Hall–Kier alpha value is -1.12. The quantitative estimate of drug-likeness (QED) is 0.502. The lowest BCUT2D eigenvalue weighted by Crippen LogP contribution is -2.04. The molecule has 0 bridgehead atoms. The molecule has 0 saturated heterocycles. The highest BCUT2D eigenvalue weighted by Crippen LogP contribution is 1.96. The molecule has 0 aliphatic heterocycles. The molecular formula is C5H4AlN4O. The SMILES string of the molecule is O=c1[nH]cnc2[nH]ncc12.[Al]. The maximum absolute atomic E-state index is 10.9. The summed E-state index contributed by atoms with van der Waals surface area (Å²) in [6.45, 7) is 0. The molecule has 2 aromatic heterocycles. The zero-order valence-corrected chi connectivity index (χ0v) is 6.69. The van der Waals surface area contributed by atoms with Crippen molar-refractivity contribution in [1.29, 1.82) is 0 Å². The van der Waals surface area contributed by atoms with E-state index in [0.717, 1.165) is 0 Å². The molecule has 0 unspecified atom stereocenters. The van der Waals surface area contributed by atoms with Crippen LogP contribution in [0, 0.1) is 0 Å². The van der Waals surface area contributed by atoms with Crippen LogP contribution in [0.2, 0.25) is 0 Å². The standard InChI is InChI=1S/C5H4N4O.Al/c10-5-3-1-8-9-4(3)6-2-7-5;/h1-2H,(H2,6,7,8,9,10);. The maximum atomic E-state index is 10.9. The van der Waals surface area contributed by atoms with Crippen molar-refractivity contribution in [3.05, 3.63) is 22.9 Å². The summed E-state index contributed by atoms with van der Waals surface area (Å²) in [4.78, 5) is 17.1. The maximum Gasteiger partial charge on any atom is 0.261 e. The van der Waals surface area contributed by atoms with Crippen LogP contribution in [0.3, 0.4) is 0 Å². The first-order chi connectivity index (χ1) is 4.88. The number of aromatic amines is 2. The molecule has 2 heterocycles. The number of nitrogens with one attached hydrogen (secondary N) is 2. The molecule has 53 valence electrons. The third kappa shape index (κ3) is 1.18. The Balaban J connectivity index is 0.000000605. The highest BCUT2D eigenvalue weighted by Gasteiger charge is 1.97. The molecule has 3 radical (unpaired) electrons. The fourth-order valence-electron chi connectivity index (χ4n) is 0.777. The third-order valence-corrected chi connectivity index (χ3v) is 1.25. The van der Waals surface area contributed by atoms with Crippen molar-refractivity contribution in [3.63, 3.8) is 0 Å². The first-order valence-corrected chi connectivity index (χ1v) is 2.75. The molecule has 2 aromatic rings. The molecule has 0 saturated carbocycles. The Kier molecular flexibility index (Phi) is 2.08. The topological polar surface area (TPSA) is 74.4 Å². The molecule has 0 spiro atoms. The molecular weight excluding hydrogens is 159 g/mol. The smallest absolute Gasteiger partial charge is 0.261 e. The molecule has 0 fully saturated rings. The van der Waals surface area contributed by atoms with Gasteiger partial charge < -0.3 is 4.98 Å². The van der Waals surface area contributed by atoms with Crippen LogP contribution in [0.25, 0.3) is 11.0 Å². The second-order valence-electron chi connectivity index (χ2n) is 1.86. The molecule has 0 amide bonds. The van der Waals surface area contributed by atoms with Crippen LogP contribution in [-0.4, -0.2) is 37.5 Å². The molecule has 2 N–H and O–H groups in total. The van der Waals surface area contributed by atoms with Crippen LogP contribution < -0.4 is 5.56 Å². The minimum absolute atomic E-state index is 0. The molecule has 5 nitrogen and oxygen atoms in total. The fourth-order valence-corrected chi connectivity index (χ4v) is 0.777. The van der Waals surface area contributed by atoms with E-state index < -0.39 is 0 Å². The monoisotopic (exact) mass is 163 g/mol. The lowest BCUT2D eigenvalue weighted by molar-refractivity contribution is 1.08. The third-order valence-electron chi connectivity index (χ3n) is 1.25. The van der Waals surface area contributed by atoms with Gasteiger partial charge in [0, 0.05) is 17.4 Å². The molecule has 0 aromatic carbocycles. The van der Waals surface area contributed by atoms with Gasteiger partial charge in [-0.3, -0.25) is 9.89 Å². The first-order valence-electron chi connectivity index (χ1n) is 2.75. The molecule has 11 heavy (non-hydrogen) atoms. The van der Waals surface area contributed by atoms with E-state index in [2.05, 4.69) is 20.2 Å². The van der Waals surface area contributed by atoms with E-state index in [-0.39, 0.29) is 22.9 Å².